The quantitative estimate of drug-likeness (QED) is 0.708. The molecule has 158 valence electrons. The number of likely N-dealkylation sites (tertiary alicyclic amines) is 1. The predicted octanol–water partition coefficient (Wildman–Crippen LogP) is 0.609. The van der Waals surface area contributed by atoms with Gasteiger partial charge < -0.3 is 14.4 Å². The highest BCUT2D eigenvalue weighted by molar-refractivity contribution is 5.78. The molecular formula is C20H37N7O. The van der Waals surface area contributed by atoms with Crippen molar-refractivity contribution in [2.45, 2.75) is 45.2 Å². The smallest absolute Gasteiger partial charge is 0.236 e. The Morgan fingerprint density at radius 2 is 1.71 bits per heavy atom. The molecule has 28 heavy (non-hydrogen) atoms. The molecule has 2 fully saturated rings. The number of likely N-dealkylation sites (N-methyl/N-ethyl adjacent to an activating group) is 2. The topological polar surface area (TPSA) is 60.7 Å². The van der Waals surface area contributed by atoms with Gasteiger partial charge in [-0.25, -0.2) is 0 Å². The Morgan fingerprint density at radius 3 is 2.32 bits per heavy atom. The zero-order valence-corrected chi connectivity index (χ0v) is 18.3. The van der Waals surface area contributed by atoms with Crippen molar-refractivity contribution in [3.63, 3.8) is 0 Å². The molecule has 8 nitrogen and oxygen atoms in total. The highest BCUT2D eigenvalue weighted by Crippen LogP contribution is 2.27. The zero-order chi connectivity index (χ0) is 20.3. The highest BCUT2D eigenvalue weighted by atomic mass is 16.2. The van der Waals surface area contributed by atoms with Crippen LogP contribution in [0.15, 0.2) is 0 Å². The standard InChI is InChI=1S/C20H37N7O/c1-16(2)24(4)15-19(28)27-8-6-17(7-9-27)20-22-21-18(25(20)5)14-26-12-10-23(3)11-13-26/h16-17H,6-15H2,1-5H3. The van der Waals surface area contributed by atoms with Gasteiger partial charge in [0.15, 0.2) is 0 Å². The van der Waals surface area contributed by atoms with Crippen LogP contribution in [0.3, 0.4) is 0 Å². The summed E-state index contributed by atoms with van der Waals surface area (Å²) >= 11 is 0. The number of piperazine rings is 1. The second kappa shape index (κ2) is 9.33. The lowest BCUT2D eigenvalue weighted by Crippen LogP contribution is -2.44. The van der Waals surface area contributed by atoms with Crippen LogP contribution in [-0.2, 0) is 18.4 Å². The van der Waals surface area contributed by atoms with Crippen LogP contribution >= 0.6 is 0 Å². The molecule has 8 heteroatoms. The summed E-state index contributed by atoms with van der Waals surface area (Å²) in [6.07, 6.45) is 1.94. The van der Waals surface area contributed by atoms with E-state index in [1.807, 2.05) is 11.9 Å². The molecule has 0 radical (unpaired) electrons. The molecule has 0 aromatic carbocycles. The molecule has 0 spiro atoms. The van der Waals surface area contributed by atoms with Crippen LogP contribution in [0.25, 0.3) is 0 Å². The van der Waals surface area contributed by atoms with Gasteiger partial charge in [0, 0.05) is 58.3 Å². The van der Waals surface area contributed by atoms with Crippen LogP contribution in [0.4, 0.5) is 0 Å². The van der Waals surface area contributed by atoms with Crippen molar-refractivity contribution in [3.05, 3.63) is 11.6 Å². The SMILES string of the molecule is CC(C)N(C)CC(=O)N1CCC(c2nnc(CN3CCN(C)CC3)n2C)CC1. The van der Waals surface area contributed by atoms with Crippen molar-refractivity contribution in [1.82, 2.24) is 34.4 Å². The molecule has 0 atom stereocenters. The molecule has 2 aliphatic heterocycles. The molecule has 3 rings (SSSR count). The maximum Gasteiger partial charge on any atom is 0.236 e. The molecule has 0 unspecified atom stereocenters. The van der Waals surface area contributed by atoms with Crippen LogP contribution in [-0.4, -0.2) is 106 Å². The number of hydrogen-bond donors (Lipinski definition) is 0. The summed E-state index contributed by atoms with van der Waals surface area (Å²) in [5.41, 5.74) is 0. The van der Waals surface area contributed by atoms with Crippen LogP contribution in [0, 0.1) is 0 Å². The summed E-state index contributed by atoms with van der Waals surface area (Å²) in [5, 5.41) is 9.01. The van der Waals surface area contributed by atoms with Gasteiger partial charge >= 0.3 is 0 Å². The Bertz CT molecular complexity index is 643. The van der Waals surface area contributed by atoms with Crippen LogP contribution in [0.2, 0.25) is 0 Å². The molecule has 1 aromatic heterocycles. The van der Waals surface area contributed by atoms with Crippen molar-refractivity contribution in [2.24, 2.45) is 7.05 Å². The first-order chi connectivity index (χ1) is 13.3. The average molecular weight is 392 g/mol. The zero-order valence-electron chi connectivity index (χ0n) is 18.3. The number of hydrogen-bond acceptors (Lipinski definition) is 6. The second-order valence-electron chi connectivity index (χ2n) is 8.78. The van der Waals surface area contributed by atoms with E-state index in [1.54, 1.807) is 0 Å². The fourth-order valence-corrected chi connectivity index (χ4v) is 3.96. The lowest BCUT2D eigenvalue weighted by molar-refractivity contribution is -0.133. The first kappa shape index (κ1) is 21.2. The van der Waals surface area contributed by atoms with Gasteiger partial charge in [-0.2, -0.15) is 0 Å². The molecule has 2 saturated heterocycles. The van der Waals surface area contributed by atoms with Crippen molar-refractivity contribution >= 4 is 5.91 Å². The lowest BCUT2D eigenvalue weighted by atomic mass is 9.96. The predicted molar refractivity (Wildman–Crippen MR) is 110 cm³/mol. The fraction of sp³-hybridized carbons (Fsp3) is 0.850. The van der Waals surface area contributed by atoms with Crippen molar-refractivity contribution < 1.29 is 4.79 Å². The number of aromatic nitrogens is 3. The van der Waals surface area contributed by atoms with Gasteiger partial charge in [-0.05, 0) is 40.8 Å². The summed E-state index contributed by atoms with van der Waals surface area (Å²) in [7, 11) is 6.28. The summed E-state index contributed by atoms with van der Waals surface area (Å²) in [5.74, 6) is 2.76. The molecule has 0 bridgehead atoms. The Morgan fingerprint density at radius 1 is 1.07 bits per heavy atom. The van der Waals surface area contributed by atoms with E-state index in [0.29, 0.717) is 18.5 Å². The molecule has 0 saturated carbocycles. The first-order valence-electron chi connectivity index (χ1n) is 10.6. The minimum absolute atomic E-state index is 0.239. The molecule has 1 amide bonds. The second-order valence-corrected chi connectivity index (χ2v) is 8.78. The Kier molecular flexibility index (Phi) is 7.06. The van der Waals surface area contributed by atoms with Gasteiger partial charge in [0.05, 0.1) is 13.1 Å². The van der Waals surface area contributed by atoms with Gasteiger partial charge in [-0.1, -0.05) is 0 Å². The van der Waals surface area contributed by atoms with Crippen LogP contribution in [0.5, 0.6) is 0 Å². The van der Waals surface area contributed by atoms with E-state index < -0.39 is 0 Å². The van der Waals surface area contributed by atoms with E-state index in [9.17, 15) is 4.79 Å². The molecular weight excluding hydrogens is 354 g/mol. The summed E-state index contributed by atoms with van der Waals surface area (Å²) in [6, 6.07) is 0.388. The normalized spacial score (nSPS) is 20.5. The fourth-order valence-electron chi connectivity index (χ4n) is 3.96. The number of amides is 1. The van der Waals surface area contributed by atoms with E-state index >= 15 is 0 Å². The molecule has 0 N–H and O–H groups in total. The highest BCUT2D eigenvalue weighted by Gasteiger charge is 2.28. The third kappa shape index (κ3) is 5.10. The maximum absolute atomic E-state index is 12.5. The van der Waals surface area contributed by atoms with E-state index in [2.05, 4.69) is 57.4 Å². The van der Waals surface area contributed by atoms with Crippen LogP contribution < -0.4 is 0 Å². The number of carbonyl (C=O) groups excluding carboxylic acids is 1. The van der Waals surface area contributed by atoms with Crippen molar-refractivity contribution in [1.29, 1.82) is 0 Å². The Hall–Kier alpha value is -1.51. The van der Waals surface area contributed by atoms with E-state index in [1.165, 1.54) is 0 Å². The van der Waals surface area contributed by atoms with Gasteiger partial charge in [0.1, 0.15) is 11.6 Å². The van der Waals surface area contributed by atoms with Crippen molar-refractivity contribution in [2.75, 3.05) is 59.9 Å². The molecule has 2 aliphatic rings. The minimum atomic E-state index is 0.239. The molecule has 0 aliphatic carbocycles. The monoisotopic (exact) mass is 391 g/mol. The summed E-state index contributed by atoms with van der Waals surface area (Å²) in [6.45, 7) is 11.6. The number of nitrogens with zero attached hydrogens (tertiary/aromatic N) is 7. The molecule has 1 aromatic rings. The number of piperidine rings is 1. The largest absolute Gasteiger partial charge is 0.342 e. The van der Waals surface area contributed by atoms with Crippen LogP contribution in [0.1, 0.15) is 44.3 Å². The maximum atomic E-state index is 12.5. The minimum Gasteiger partial charge on any atom is -0.342 e. The third-order valence-electron chi connectivity index (χ3n) is 6.44. The third-order valence-corrected chi connectivity index (χ3v) is 6.44. The van der Waals surface area contributed by atoms with Crippen molar-refractivity contribution in [3.8, 4) is 0 Å². The van der Waals surface area contributed by atoms with Gasteiger partial charge in [-0.15, -0.1) is 10.2 Å². The number of carbonyl (C=O) groups is 1. The molecule has 3 heterocycles. The van der Waals surface area contributed by atoms with E-state index in [-0.39, 0.29) is 5.91 Å². The Labute approximate surface area is 169 Å². The van der Waals surface area contributed by atoms with Gasteiger partial charge in [0.2, 0.25) is 5.91 Å². The van der Waals surface area contributed by atoms with Gasteiger partial charge in [-0.3, -0.25) is 14.6 Å². The summed E-state index contributed by atoms with van der Waals surface area (Å²) in [4.78, 5) is 21.4. The summed E-state index contributed by atoms with van der Waals surface area (Å²) < 4.78 is 2.19. The first-order valence-corrected chi connectivity index (χ1v) is 10.6. The van der Waals surface area contributed by atoms with E-state index in [0.717, 1.165) is 70.3 Å². The van der Waals surface area contributed by atoms with E-state index in [4.69, 9.17) is 0 Å². The Balaban J connectivity index is 1.52. The van der Waals surface area contributed by atoms with Gasteiger partial charge in [0.25, 0.3) is 0 Å². The average Bonchev–Trinajstić information content (AvgIpc) is 3.04. The lowest BCUT2D eigenvalue weighted by Gasteiger charge is -2.33. The number of rotatable bonds is 6.